The Balaban J connectivity index is 2.28. The zero-order valence-corrected chi connectivity index (χ0v) is 14.0. The molecule has 2 rings (SSSR count). The summed E-state index contributed by atoms with van der Waals surface area (Å²) < 4.78 is 11.5. The zero-order valence-electron chi connectivity index (χ0n) is 14.0. The van der Waals surface area contributed by atoms with E-state index in [1.807, 2.05) is 33.8 Å². The van der Waals surface area contributed by atoms with E-state index in [1.165, 1.54) is 5.56 Å². The van der Waals surface area contributed by atoms with Gasteiger partial charge in [0, 0.05) is 5.56 Å². The summed E-state index contributed by atoms with van der Waals surface area (Å²) in [4.78, 5) is 11.2. The van der Waals surface area contributed by atoms with Crippen LogP contribution in [0.3, 0.4) is 0 Å². The second-order valence-corrected chi connectivity index (χ2v) is 5.55. The lowest BCUT2D eigenvalue weighted by atomic mass is 10.1. The van der Waals surface area contributed by atoms with E-state index in [4.69, 9.17) is 14.6 Å². The van der Waals surface area contributed by atoms with Gasteiger partial charge in [-0.1, -0.05) is 6.07 Å². The van der Waals surface area contributed by atoms with Gasteiger partial charge in [-0.2, -0.15) is 0 Å². The van der Waals surface area contributed by atoms with Crippen LogP contribution in [0.1, 0.15) is 39.5 Å². The van der Waals surface area contributed by atoms with Crippen molar-refractivity contribution in [3.8, 4) is 11.5 Å². The monoisotopic (exact) mass is 314 g/mol. The van der Waals surface area contributed by atoms with E-state index in [2.05, 4.69) is 6.07 Å². The summed E-state index contributed by atoms with van der Waals surface area (Å²) in [6, 6.07) is 8.92. The molecule has 0 amide bonds. The zero-order chi connectivity index (χ0) is 17.0. The molecule has 2 aromatic carbocycles. The fourth-order valence-corrected chi connectivity index (χ4v) is 2.43. The SMILES string of the molecule is CCOc1ccc(C(=O)O)cc1COc1cc(C)cc(C)c1C. The first-order valence-corrected chi connectivity index (χ1v) is 7.62. The van der Waals surface area contributed by atoms with Crippen molar-refractivity contribution < 1.29 is 19.4 Å². The average Bonchev–Trinajstić information content (AvgIpc) is 2.50. The first-order valence-electron chi connectivity index (χ1n) is 7.62. The molecule has 0 saturated carbocycles. The molecule has 23 heavy (non-hydrogen) atoms. The number of ether oxygens (including phenoxy) is 2. The molecule has 4 heteroatoms. The molecule has 0 fully saturated rings. The molecule has 0 bridgehead atoms. The van der Waals surface area contributed by atoms with Crippen LogP contribution in [0.4, 0.5) is 0 Å². The number of aromatic carboxylic acids is 1. The Kier molecular flexibility index (Phi) is 5.27. The topological polar surface area (TPSA) is 55.8 Å². The van der Waals surface area contributed by atoms with Gasteiger partial charge in [0.15, 0.2) is 0 Å². The van der Waals surface area contributed by atoms with Gasteiger partial charge >= 0.3 is 5.97 Å². The number of hydrogen-bond acceptors (Lipinski definition) is 3. The highest BCUT2D eigenvalue weighted by atomic mass is 16.5. The Morgan fingerprint density at radius 3 is 2.43 bits per heavy atom. The maximum absolute atomic E-state index is 11.2. The molecule has 0 radical (unpaired) electrons. The second kappa shape index (κ2) is 7.18. The smallest absolute Gasteiger partial charge is 0.335 e. The predicted octanol–water partition coefficient (Wildman–Crippen LogP) is 4.29. The van der Waals surface area contributed by atoms with Crippen LogP contribution in [-0.2, 0) is 6.61 Å². The molecule has 2 aromatic rings. The van der Waals surface area contributed by atoms with E-state index in [0.717, 1.165) is 22.4 Å². The quantitative estimate of drug-likeness (QED) is 0.864. The van der Waals surface area contributed by atoms with Gasteiger partial charge in [-0.05, 0) is 68.7 Å². The Morgan fingerprint density at radius 1 is 1.04 bits per heavy atom. The Morgan fingerprint density at radius 2 is 1.78 bits per heavy atom. The normalized spacial score (nSPS) is 10.4. The summed E-state index contributed by atoms with van der Waals surface area (Å²) in [5.41, 5.74) is 4.34. The highest BCUT2D eigenvalue weighted by Gasteiger charge is 2.11. The summed E-state index contributed by atoms with van der Waals surface area (Å²) in [5, 5.41) is 9.15. The van der Waals surface area contributed by atoms with Gasteiger partial charge in [0.1, 0.15) is 18.1 Å². The van der Waals surface area contributed by atoms with Crippen molar-refractivity contribution in [3.63, 3.8) is 0 Å². The van der Waals surface area contributed by atoms with E-state index < -0.39 is 5.97 Å². The lowest BCUT2D eigenvalue weighted by Gasteiger charge is -2.15. The molecule has 4 nitrogen and oxygen atoms in total. The van der Waals surface area contributed by atoms with Crippen molar-refractivity contribution in [2.75, 3.05) is 6.61 Å². The minimum Gasteiger partial charge on any atom is -0.493 e. The fourth-order valence-electron chi connectivity index (χ4n) is 2.43. The molecule has 0 aliphatic carbocycles. The average molecular weight is 314 g/mol. The van der Waals surface area contributed by atoms with Crippen LogP contribution in [0.2, 0.25) is 0 Å². The maximum Gasteiger partial charge on any atom is 0.335 e. The minimum absolute atomic E-state index is 0.226. The molecule has 1 N–H and O–H groups in total. The second-order valence-electron chi connectivity index (χ2n) is 5.55. The third kappa shape index (κ3) is 4.03. The number of benzene rings is 2. The third-order valence-electron chi connectivity index (χ3n) is 3.75. The van der Waals surface area contributed by atoms with Gasteiger partial charge in [-0.3, -0.25) is 0 Å². The van der Waals surface area contributed by atoms with E-state index in [-0.39, 0.29) is 12.2 Å². The largest absolute Gasteiger partial charge is 0.493 e. The lowest BCUT2D eigenvalue weighted by Crippen LogP contribution is -2.05. The van der Waals surface area contributed by atoms with Gasteiger partial charge in [-0.15, -0.1) is 0 Å². The van der Waals surface area contributed by atoms with E-state index >= 15 is 0 Å². The van der Waals surface area contributed by atoms with Crippen LogP contribution in [0.15, 0.2) is 30.3 Å². The van der Waals surface area contributed by atoms with E-state index in [1.54, 1.807) is 18.2 Å². The van der Waals surface area contributed by atoms with Crippen LogP contribution in [0, 0.1) is 20.8 Å². The van der Waals surface area contributed by atoms with Crippen molar-refractivity contribution in [2.45, 2.75) is 34.3 Å². The Bertz CT molecular complexity index is 720. The maximum atomic E-state index is 11.2. The lowest BCUT2D eigenvalue weighted by molar-refractivity contribution is 0.0696. The standard InChI is InChI=1S/C19H22O4/c1-5-22-17-7-6-15(19(20)21)10-16(17)11-23-18-9-12(2)8-13(3)14(18)4/h6-10H,5,11H2,1-4H3,(H,20,21). The Hall–Kier alpha value is -2.49. The molecule has 122 valence electrons. The molecule has 0 saturated heterocycles. The van der Waals surface area contributed by atoms with Crippen LogP contribution in [0.25, 0.3) is 0 Å². The molecule has 0 aliphatic heterocycles. The molecule has 0 atom stereocenters. The first kappa shape index (κ1) is 16.9. The number of hydrogen-bond donors (Lipinski definition) is 1. The van der Waals surface area contributed by atoms with Gasteiger partial charge in [0.2, 0.25) is 0 Å². The molecule has 0 spiro atoms. The van der Waals surface area contributed by atoms with Crippen LogP contribution < -0.4 is 9.47 Å². The van der Waals surface area contributed by atoms with Crippen molar-refractivity contribution in [2.24, 2.45) is 0 Å². The number of carboxylic acid groups (broad SMARTS) is 1. The number of rotatable bonds is 6. The van der Waals surface area contributed by atoms with E-state index in [0.29, 0.717) is 12.4 Å². The highest BCUT2D eigenvalue weighted by molar-refractivity contribution is 5.88. The fraction of sp³-hybridized carbons (Fsp3) is 0.316. The van der Waals surface area contributed by atoms with Crippen LogP contribution >= 0.6 is 0 Å². The Labute approximate surface area is 136 Å². The summed E-state index contributed by atoms with van der Waals surface area (Å²) >= 11 is 0. The predicted molar refractivity (Wildman–Crippen MR) is 89.6 cm³/mol. The van der Waals surface area contributed by atoms with Crippen molar-refractivity contribution in [1.82, 2.24) is 0 Å². The highest BCUT2D eigenvalue weighted by Crippen LogP contribution is 2.27. The molecular formula is C19H22O4. The summed E-state index contributed by atoms with van der Waals surface area (Å²) in [6.07, 6.45) is 0. The van der Waals surface area contributed by atoms with E-state index in [9.17, 15) is 4.79 Å². The van der Waals surface area contributed by atoms with Crippen molar-refractivity contribution in [1.29, 1.82) is 0 Å². The third-order valence-corrected chi connectivity index (χ3v) is 3.75. The van der Waals surface area contributed by atoms with Crippen LogP contribution in [0.5, 0.6) is 11.5 Å². The van der Waals surface area contributed by atoms with Gasteiger partial charge < -0.3 is 14.6 Å². The van der Waals surface area contributed by atoms with Gasteiger partial charge in [0.05, 0.1) is 12.2 Å². The molecule has 0 heterocycles. The summed E-state index contributed by atoms with van der Waals surface area (Å²) in [7, 11) is 0. The minimum atomic E-state index is -0.961. The summed E-state index contributed by atoms with van der Waals surface area (Å²) in [5.74, 6) is 0.502. The first-order chi connectivity index (χ1) is 10.9. The van der Waals surface area contributed by atoms with Gasteiger partial charge in [0.25, 0.3) is 0 Å². The molecule has 0 aromatic heterocycles. The summed E-state index contributed by atoms with van der Waals surface area (Å²) in [6.45, 7) is 8.76. The molecule has 0 aliphatic rings. The van der Waals surface area contributed by atoms with Crippen molar-refractivity contribution >= 4 is 5.97 Å². The van der Waals surface area contributed by atoms with Crippen molar-refractivity contribution in [3.05, 3.63) is 58.1 Å². The molecular weight excluding hydrogens is 292 g/mol. The number of carbonyl (C=O) groups is 1. The molecule has 0 unspecified atom stereocenters. The number of carboxylic acids is 1. The van der Waals surface area contributed by atoms with Gasteiger partial charge in [-0.25, -0.2) is 4.79 Å². The number of aryl methyl sites for hydroxylation is 2. The van der Waals surface area contributed by atoms with Crippen LogP contribution in [-0.4, -0.2) is 17.7 Å².